The van der Waals surface area contributed by atoms with Gasteiger partial charge in [-0.3, -0.25) is 4.90 Å². The highest BCUT2D eigenvalue weighted by atomic mass is 32.1. The molecule has 1 aromatic heterocycles. The zero-order chi connectivity index (χ0) is 11.1. The van der Waals surface area contributed by atoms with E-state index in [4.69, 9.17) is 4.74 Å². The van der Waals surface area contributed by atoms with Gasteiger partial charge in [0.15, 0.2) is 0 Å². The third-order valence-corrected chi connectivity index (χ3v) is 3.16. The Kier molecular flexibility index (Phi) is 5.14. The maximum atomic E-state index is 5.30. The molecule has 0 atom stereocenters. The minimum Gasteiger partial charge on any atom is -0.379 e. The summed E-state index contributed by atoms with van der Waals surface area (Å²) in [6.07, 6.45) is 3.00. The molecule has 1 aliphatic rings. The number of hydrogen-bond donors (Lipinski definition) is 1. The van der Waals surface area contributed by atoms with E-state index in [0.717, 1.165) is 51.6 Å². The fraction of sp³-hybridized carbons (Fsp3) is 0.800. The van der Waals surface area contributed by atoms with E-state index < -0.39 is 0 Å². The number of hydrogen-bond acceptors (Lipinski definition) is 6. The molecule has 2 heterocycles. The molecule has 5 nitrogen and oxygen atoms in total. The summed E-state index contributed by atoms with van der Waals surface area (Å²) in [5, 5.41) is 3.37. The van der Waals surface area contributed by atoms with Crippen LogP contribution in [0.2, 0.25) is 0 Å². The minimum absolute atomic E-state index is 0.833. The Morgan fingerprint density at radius 2 is 2.31 bits per heavy atom. The number of ether oxygens (including phenoxy) is 1. The number of aromatic nitrogens is 2. The summed E-state index contributed by atoms with van der Waals surface area (Å²) in [4.78, 5) is 2.45. The molecule has 2 rings (SSSR count). The molecule has 1 saturated heterocycles. The lowest BCUT2D eigenvalue weighted by Crippen LogP contribution is -2.37. The highest BCUT2D eigenvalue weighted by Crippen LogP contribution is 1.98. The van der Waals surface area contributed by atoms with Gasteiger partial charge in [0, 0.05) is 19.6 Å². The smallest absolute Gasteiger partial charge is 0.0880 e. The molecule has 0 aromatic carbocycles. The Labute approximate surface area is 100 Å². The van der Waals surface area contributed by atoms with E-state index in [9.17, 15) is 0 Å². The Morgan fingerprint density at radius 1 is 1.44 bits per heavy atom. The molecule has 1 aliphatic heterocycles. The molecule has 0 unspecified atom stereocenters. The maximum absolute atomic E-state index is 5.30. The van der Waals surface area contributed by atoms with Gasteiger partial charge in [-0.1, -0.05) is 0 Å². The van der Waals surface area contributed by atoms with Gasteiger partial charge in [-0.25, -0.2) is 0 Å². The summed E-state index contributed by atoms with van der Waals surface area (Å²) in [5.41, 5.74) is 1.04. The molecule has 0 aliphatic carbocycles. The van der Waals surface area contributed by atoms with Crippen LogP contribution in [-0.2, 0) is 11.3 Å². The van der Waals surface area contributed by atoms with E-state index in [1.807, 2.05) is 6.20 Å². The van der Waals surface area contributed by atoms with Crippen molar-refractivity contribution >= 4 is 11.7 Å². The van der Waals surface area contributed by atoms with E-state index in [1.165, 1.54) is 18.1 Å². The summed E-state index contributed by atoms with van der Waals surface area (Å²) >= 11 is 1.26. The molecular weight excluding hydrogens is 224 g/mol. The van der Waals surface area contributed by atoms with Crippen molar-refractivity contribution in [1.29, 1.82) is 0 Å². The van der Waals surface area contributed by atoms with Gasteiger partial charge < -0.3 is 10.1 Å². The highest BCUT2D eigenvalue weighted by Gasteiger charge is 2.08. The van der Waals surface area contributed by atoms with Gasteiger partial charge in [-0.15, -0.1) is 0 Å². The van der Waals surface area contributed by atoms with Gasteiger partial charge in [-0.05, 0) is 19.5 Å². The van der Waals surface area contributed by atoms with Crippen molar-refractivity contribution in [2.24, 2.45) is 0 Å². The minimum atomic E-state index is 0.833. The van der Waals surface area contributed by atoms with Crippen LogP contribution >= 0.6 is 11.7 Å². The molecule has 0 radical (unpaired) electrons. The normalized spacial score (nSPS) is 17.8. The number of nitrogens with one attached hydrogen (secondary N) is 1. The zero-order valence-electron chi connectivity index (χ0n) is 9.39. The van der Waals surface area contributed by atoms with Crippen LogP contribution in [0.15, 0.2) is 6.20 Å². The first-order valence-electron chi connectivity index (χ1n) is 5.72. The summed E-state index contributed by atoms with van der Waals surface area (Å²) in [6.45, 7) is 6.96. The average Bonchev–Trinajstić information content (AvgIpc) is 2.83. The van der Waals surface area contributed by atoms with Crippen molar-refractivity contribution in [2.75, 3.05) is 39.4 Å². The van der Waals surface area contributed by atoms with Gasteiger partial charge >= 0.3 is 0 Å². The standard InChI is InChI=1S/C10H18N4OS/c1(3-14-4-6-15-7-5-14)2-11-8-10-9-12-16-13-10/h9,11H,1-8H2. The first-order valence-corrected chi connectivity index (χ1v) is 6.45. The van der Waals surface area contributed by atoms with Gasteiger partial charge in [0.1, 0.15) is 0 Å². The molecule has 0 bridgehead atoms. The van der Waals surface area contributed by atoms with Gasteiger partial charge in [-0.2, -0.15) is 8.75 Å². The monoisotopic (exact) mass is 242 g/mol. The van der Waals surface area contributed by atoms with Crippen LogP contribution in [0, 0.1) is 0 Å². The van der Waals surface area contributed by atoms with Crippen molar-refractivity contribution in [2.45, 2.75) is 13.0 Å². The van der Waals surface area contributed by atoms with E-state index in [0.29, 0.717) is 0 Å². The first kappa shape index (κ1) is 11.9. The quantitative estimate of drug-likeness (QED) is 0.730. The summed E-state index contributed by atoms with van der Waals surface area (Å²) in [7, 11) is 0. The second-order valence-corrected chi connectivity index (χ2v) is 4.44. The third kappa shape index (κ3) is 4.13. The zero-order valence-corrected chi connectivity index (χ0v) is 10.2. The second-order valence-electron chi connectivity index (χ2n) is 3.88. The van der Waals surface area contributed by atoms with Gasteiger partial charge in [0.2, 0.25) is 0 Å². The van der Waals surface area contributed by atoms with Crippen LogP contribution in [0.1, 0.15) is 12.1 Å². The second kappa shape index (κ2) is 6.90. The van der Waals surface area contributed by atoms with Crippen molar-refractivity contribution in [1.82, 2.24) is 19.0 Å². The van der Waals surface area contributed by atoms with E-state index in [2.05, 4.69) is 19.0 Å². The lowest BCUT2D eigenvalue weighted by Gasteiger charge is -2.26. The molecule has 0 amide bonds. The summed E-state index contributed by atoms with van der Waals surface area (Å²) < 4.78 is 13.4. The van der Waals surface area contributed by atoms with Crippen molar-refractivity contribution in [3.8, 4) is 0 Å². The topological polar surface area (TPSA) is 50.3 Å². The van der Waals surface area contributed by atoms with E-state index >= 15 is 0 Å². The largest absolute Gasteiger partial charge is 0.379 e. The lowest BCUT2D eigenvalue weighted by atomic mass is 10.3. The first-order chi connectivity index (χ1) is 7.95. The molecule has 1 aromatic rings. The van der Waals surface area contributed by atoms with Gasteiger partial charge in [0.05, 0.1) is 36.8 Å². The number of rotatable bonds is 6. The molecule has 0 saturated carbocycles. The van der Waals surface area contributed by atoms with Gasteiger partial charge in [0.25, 0.3) is 0 Å². The maximum Gasteiger partial charge on any atom is 0.0880 e. The van der Waals surface area contributed by atoms with Crippen molar-refractivity contribution < 1.29 is 4.74 Å². The molecule has 1 N–H and O–H groups in total. The Balaban J connectivity index is 1.48. The predicted octanol–water partition coefficient (Wildman–Crippen LogP) is 0.350. The van der Waals surface area contributed by atoms with Crippen LogP contribution in [0.25, 0.3) is 0 Å². The molecular formula is C10H18N4OS. The number of morpholine rings is 1. The van der Waals surface area contributed by atoms with Crippen LogP contribution < -0.4 is 5.32 Å². The molecule has 16 heavy (non-hydrogen) atoms. The highest BCUT2D eigenvalue weighted by molar-refractivity contribution is 6.99. The fourth-order valence-corrected chi connectivity index (χ4v) is 2.16. The molecule has 0 spiro atoms. The number of nitrogens with zero attached hydrogens (tertiary/aromatic N) is 3. The average molecular weight is 242 g/mol. The molecule has 90 valence electrons. The summed E-state index contributed by atoms with van der Waals surface area (Å²) in [5.74, 6) is 0. The fourth-order valence-electron chi connectivity index (χ4n) is 1.73. The van der Waals surface area contributed by atoms with Crippen LogP contribution in [-0.4, -0.2) is 53.0 Å². The van der Waals surface area contributed by atoms with E-state index in [1.54, 1.807) is 0 Å². The summed E-state index contributed by atoms with van der Waals surface area (Å²) in [6, 6.07) is 0. The third-order valence-electron chi connectivity index (χ3n) is 2.64. The SMILES string of the molecule is c1nsnc1CNCCCN1CCOCC1. The predicted molar refractivity (Wildman–Crippen MR) is 63.5 cm³/mol. The lowest BCUT2D eigenvalue weighted by molar-refractivity contribution is 0.0374. The van der Waals surface area contributed by atoms with E-state index in [-0.39, 0.29) is 0 Å². The van der Waals surface area contributed by atoms with Crippen LogP contribution in [0.3, 0.4) is 0 Å². The van der Waals surface area contributed by atoms with Crippen molar-refractivity contribution in [3.63, 3.8) is 0 Å². The Hall–Kier alpha value is -0.560. The molecule has 6 heteroatoms. The molecule has 1 fully saturated rings. The van der Waals surface area contributed by atoms with Crippen LogP contribution in [0.5, 0.6) is 0 Å². The van der Waals surface area contributed by atoms with Crippen molar-refractivity contribution in [3.05, 3.63) is 11.9 Å². The Morgan fingerprint density at radius 3 is 3.06 bits per heavy atom. The van der Waals surface area contributed by atoms with Crippen LogP contribution in [0.4, 0.5) is 0 Å². The Bertz CT molecular complexity index is 274.